The van der Waals surface area contributed by atoms with Crippen molar-refractivity contribution in [2.75, 3.05) is 17.2 Å². The number of aryl methyl sites for hydroxylation is 1. The van der Waals surface area contributed by atoms with Crippen molar-refractivity contribution in [2.24, 2.45) is 18.7 Å². The minimum atomic E-state index is -0.540. The van der Waals surface area contributed by atoms with Gasteiger partial charge in [-0.1, -0.05) is 12.8 Å². The summed E-state index contributed by atoms with van der Waals surface area (Å²) < 4.78 is 1.68. The van der Waals surface area contributed by atoms with Gasteiger partial charge in [-0.25, -0.2) is 4.98 Å². The quantitative estimate of drug-likeness (QED) is 0.710. The highest BCUT2D eigenvalue weighted by atomic mass is 16.1. The number of primary amides is 1. The van der Waals surface area contributed by atoms with E-state index in [-0.39, 0.29) is 0 Å². The standard InChI is InChI=1S/C14H19N7O/c1-21-8-10(6-18-21)19-14-17-7-11(12(15)22)13(20-14)16-5-4-9-2-3-9/h6-9H,2-5H2,1H3,(H2,15,22)(H2,16,17,19,20). The van der Waals surface area contributed by atoms with Gasteiger partial charge in [0.15, 0.2) is 0 Å². The second kappa shape index (κ2) is 6.00. The van der Waals surface area contributed by atoms with E-state index in [2.05, 4.69) is 25.7 Å². The van der Waals surface area contributed by atoms with E-state index in [0.29, 0.717) is 17.3 Å². The molecule has 4 N–H and O–H groups in total. The summed E-state index contributed by atoms with van der Waals surface area (Å²) in [5, 5.41) is 10.3. The molecule has 3 rings (SSSR count). The van der Waals surface area contributed by atoms with E-state index in [0.717, 1.165) is 24.6 Å². The molecule has 0 unspecified atom stereocenters. The number of rotatable bonds is 7. The molecule has 2 aromatic heterocycles. The van der Waals surface area contributed by atoms with Crippen molar-refractivity contribution in [3.63, 3.8) is 0 Å². The lowest BCUT2D eigenvalue weighted by Gasteiger charge is -2.10. The van der Waals surface area contributed by atoms with Crippen LogP contribution in [0.25, 0.3) is 0 Å². The van der Waals surface area contributed by atoms with Gasteiger partial charge in [-0.3, -0.25) is 9.48 Å². The van der Waals surface area contributed by atoms with Gasteiger partial charge in [-0.05, 0) is 12.3 Å². The van der Waals surface area contributed by atoms with Crippen molar-refractivity contribution in [1.29, 1.82) is 0 Å². The largest absolute Gasteiger partial charge is 0.369 e. The number of nitrogens with two attached hydrogens (primary N) is 1. The Balaban J connectivity index is 1.74. The molecule has 22 heavy (non-hydrogen) atoms. The first-order valence-electron chi connectivity index (χ1n) is 7.28. The summed E-state index contributed by atoms with van der Waals surface area (Å²) in [7, 11) is 1.83. The lowest BCUT2D eigenvalue weighted by molar-refractivity contribution is 0.100. The fourth-order valence-corrected chi connectivity index (χ4v) is 2.17. The molecule has 8 nitrogen and oxygen atoms in total. The molecule has 0 bridgehead atoms. The van der Waals surface area contributed by atoms with Crippen molar-refractivity contribution < 1.29 is 4.79 Å². The number of hydrogen-bond donors (Lipinski definition) is 3. The van der Waals surface area contributed by atoms with Crippen molar-refractivity contribution in [3.8, 4) is 0 Å². The van der Waals surface area contributed by atoms with Crippen LogP contribution in [0.1, 0.15) is 29.6 Å². The van der Waals surface area contributed by atoms with Crippen molar-refractivity contribution in [1.82, 2.24) is 19.7 Å². The second-order valence-electron chi connectivity index (χ2n) is 5.51. The highest BCUT2D eigenvalue weighted by Crippen LogP contribution is 2.32. The summed E-state index contributed by atoms with van der Waals surface area (Å²) in [5.74, 6) is 1.13. The Hall–Kier alpha value is -2.64. The predicted octanol–water partition coefficient (Wildman–Crippen LogP) is 1.26. The summed E-state index contributed by atoms with van der Waals surface area (Å²) >= 11 is 0. The molecule has 1 fully saturated rings. The molecule has 1 aliphatic rings. The Morgan fingerprint density at radius 1 is 1.45 bits per heavy atom. The van der Waals surface area contributed by atoms with E-state index in [1.54, 1.807) is 10.9 Å². The summed E-state index contributed by atoms with van der Waals surface area (Å²) in [6.07, 6.45) is 8.59. The van der Waals surface area contributed by atoms with Crippen LogP contribution in [0, 0.1) is 5.92 Å². The number of nitrogens with zero attached hydrogens (tertiary/aromatic N) is 4. The number of nitrogens with one attached hydrogen (secondary N) is 2. The van der Waals surface area contributed by atoms with Crippen LogP contribution in [-0.4, -0.2) is 32.2 Å². The van der Waals surface area contributed by atoms with Gasteiger partial charge >= 0.3 is 0 Å². The molecule has 0 radical (unpaired) electrons. The second-order valence-corrected chi connectivity index (χ2v) is 5.51. The molecule has 0 saturated heterocycles. The number of carbonyl (C=O) groups is 1. The van der Waals surface area contributed by atoms with Gasteiger partial charge in [-0.15, -0.1) is 0 Å². The van der Waals surface area contributed by atoms with E-state index in [9.17, 15) is 4.79 Å². The summed E-state index contributed by atoms with van der Waals surface area (Å²) in [6.45, 7) is 0.772. The average Bonchev–Trinajstić information content (AvgIpc) is 3.21. The van der Waals surface area contributed by atoms with Crippen molar-refractivity contribution in [2.45, 2.75) is 19.3 Å². The molecule has 0 aliphatic heterocycles. The summed E-state index contributed by atoms with van der Waals surface area (Å²) in [6, 6.07) is 0. The zero-order valence-corrected chi connectivity index (χ0v) is 12.4. The number of hydrogen-bond acceptors (Lipinski definition) is 6. The molecule has 0 aromatic carbocycles. The molecule has 1 amide bonds. The van der Waals surface area contributed by atoms with E-state index >= 15 is 0 Å². The van der Waals surface area contributed by atoms with Gasteiger partial charge in [0.1, 0.15) is 5.82 Å². The maximum atomic E-state index is 11.5. The summed E-state index contributed by atoms with van der Waals surface area (Å²) in [4.78, 5) is 19.9. The molecule has 1 aliphatic carbocycles. The molecular formula is C14H19N7O. The third-order valence-electron chi connectivity index (χ3n) is 3.56. The Bertz CT molecular complexity index is 678. The number of carbonyl (C=O) groups excluding carboxylic acids is 1. The Morgan fingerprint density at radius 2 is 2.27 bits per heavy atom. The van der Waals surface area contributed by atoms with E-state index in [1.165, 1.54) is 19.0 Å². The Kier molecular flexibility index (Phi) is 3.90. The maximum absolute atomic E-state index is 11.5. The lowest BCUT2D eigenvalue weighted by Crippen LogP contribution is -2.17. The molecular weight excluding hydrogens is 282 g/mol. The third kappa shape index (κ3) is 3.51. The maximum Gasteiger partial charge on any atom is 0.254 e. The van der Waals surface area contributed by atoms with Crippen LogP contribution >= 0.6 is 0 Å². The highest BCUT2D eigenvalue weighted by molar-refractivity contribution is 5.97. The normalized spacial score (nSPS) is 13.9. The third-order valence-corrected chi connectivity index (χ3v) is 3.56. The SMILES string of the molecule is Cn1cc(Nc2ncc(C(N)=O)c(NCCC3CC3)n2)cn1. The Labute approximate surface area is 128 Å². The van der Waals surface area contributed by atoms with Crippen LogP contribution in [0.5, 0.6) is 0 Å². The number of aromatic nitrogens is 4. The molecule has 0 atom stereocenters. The zero-order valence-electron chi connectivity index (χ0n) is 12.4. The minimum Gasteiger partial charge on any atom is -0.369 e. The lowest BCUT2D eigenvalue weighted by atomic mass is 10.2. The minimum absolute atomic E-state index is 0.299. The van der Waals surface area contributed by atoms with Crippen LogP contribution in [0.15, 0.2) is 18.6 Å². The van der Waals surface area contributed by atoms with E-state index in [1.807, 2.05) is 13.2 Å². The van der Waals surface area contributed by atoms with Crippen LogP contribution in [-0.2, 0) is 7.05 Å². The van der Waals surface area contributed by atoms with Crippen LogP contribution < -0.4 is 16.4 Å². The molecule has 2 aromatic rings. The van der Waals surface area contributed by atoms with Gasteiger partial charge in [-0.2, -0.15) is 10.1 Å². The predicted molar refractivity (Wildman–Crippen MR) is 82.9 cm³/mol. The Morgan fingerprint density at radius 3 is 2.91 bits per heavy atom. The average molecular weight is 301 g/mol. The van der Waals surface area contributed by atoms with Crippen molar-refractivity contribution >= 4 is 23.4 Å². The fourth-order valence-electron chi connectivity index (χ4n) is 2.17. The zero-order chi connectivity index (χ0) is 15.5. The molecule has 1 saturated carbocycles. The molecule has 116 valence electrons. The monoisotopic (exact) mass is 301 g/mol. The first kappa shape index (κ1) is 14.3. The van der Waals surface area contributed by atoms with E-state index < -0.39 is 5.91 Å². The smallest absolute Gasteiger partial charge is 0.254 e. The van der Waals surface area contributed by atoms with Crippen LogP contribution in [0.2, 0.25) is 0 Å². The van der Waals surface area contributed by atoms with Gasteiger partial charge in [0.2, 0.25) is 5.95 Å². The number of anilines is 3. The van der Waals surface area contributed by atoms with Crippen LogP contribution in [0.3, 0.4) is 0 Å². The number of amides is 1. The highest BCUT2D eigenvalue weighted by Gasteiger charge is 2.21. The van der Waals surface area contributed by atoms with Crippen molar-refractivity contribution in [3.05, 3.63) is 24.2 Å². The fraction of sp³-hybridized carbons (Fsp3) is 0.429. The topological polar surface area (TPSA) is 111 Å². The first-order chi connectivity index (χ1) is 10.6. The molecule has 0 spiro atoms. The molecule has 2 heterocycles. The molecule has 8 heteroatoms. The first-order valence-corrected chi connectivity index (χ1v) is 7.28. The van der Waals surface area contributed by atoms with Crippen LogP contribution in [0.4, 0.5) is 17.5 Å². The van der Waals surface area contributed by atoms with Gasteiger partial charge in [0, 0.05) is 26.0 Å². The van der Waals surface area contributed by atoms with Gasteiger partial charge < -0.3 is 16.4 Å². The van der Waals surface area contributed by atoms with E-state index in [4.69, 9.17) is 5.73 Å². The van der Waals surface area contributed by atoms with Gasteiger partial charge in [0.25, 0.3) is 5.91 Å². The van der Waals surface area contributed by atoms with Gasteiger partial charge in [0.05, 0.1) is 17.4 Å². The summed E-state index contributed by atoms with van der Waals surface area (Å²) in [5.41, 5.74) is 6.45.